The zero-order valence-corrected chi connectivity index (χ0v) is 13.5. The summed E-state index contributed by atoms with van der Waals surface area (Å²) < 4.78 is 21.1. The van der Waals surface area contributed by atoms with Crippen molar-refractivity contribution in [3.05, 3.63) is 11.9 Å². The van der Waals surface area contributed by atoms with Crippen molar-refractivity contribution < 1.29 is 18.3 Å². The molecular weight excluding hydrogens is 287 g/mol. The van der Waals surface area contributed by atoms with E-state index in [0.717, 1.165) is 0 Å². The van der Waals surface area contributed by atoms with E-state index in [0.29, 0.717) is 24.2 Å². The third-order valence-corrected chi connectivity index (χ3v) is 4.58. The molecule has 1 aromatic heterocycles. The van der Waals surface area contributed by atoms with Crippen LogP contribution in [0, 0.1) is 0 Å². The maximum Gasteiger partial charge on any atom is 0.381 e. The van der Waals surface area contributed by atoms with Gasteiger partial charge in [-0.1, -0.05) is 13.8 Å². The third kappa shape index (κ3) is 4.69. The van der Waals surface area contributed by atoms with Crippen LogP contribution in [0.4, 0.5) is 0 Å². The van der Waals surface area contributed by atoms with Crippen LogP contribution in [0.2, 0.25) is 0 Å². The highest BCUT2D eigenvalue weighted by Crippen LogP contribution is 2.48. The van der Waals surface area contributed by atoms with E-state index in [4.69, 9.17) is 30.1 Å². The topological polar surface area (TPSA) is 62.7 Å². The average molecular weight is 306 g/mol. The summed E-state index contributed by atoms with van der Waals surface area (Å²) in [7, 11) is 2.89. The van der Waals surface area contributed by atoms with Gasteiger partial charge in [0.05, 0.1) is 12.7 Å². The molecule has 0 saturated heterocycles. The molecule has 0 saturated carbocycles. The van der Waals surface area contributed by atoms with Crippen LogP contribution in [-0.2, 0) is 20.9 Å². The van der Waals surface area contributed by atoms with Crippen LogP contribution in [0.15, 0.2) is 6.07 Å². The Labute approximate surface area is 118 Å². The van der Waals surface area contributed by atoms with Gasteiger partial charge in [0.1, 0.15) is 5.82 Å². The van der Waals surface area contributed by atoms with Crippen LogP contribution in [-0.4, -0.2) is 30.8 Å². The predicted molar refractivity (Wildman–Crippen MR) is 76.2 cm³/mol. The van der Waals surface area contributed by atoms with Crippen LogP contribution < -0.4 is 9.26 Å². The monoisotopic (exact) mass is 306 g/mol. The zero-order valence-electron chi connectivity index (χ0n) is 11.7. The SMILES string of the molecule is CCOc1cc(OP(=S)(OC)OC)nc(C(C)C)n1. The average Bonchev–Trinajstić information content (AvgIpc) is 2.38. The molecule has 6 nitrogen and oxygen atoms in total. The maximum atomic E-state index is 5.53. The Hall–Kier alpha value is -0.750. The molecule has 0 aromatic carbocycles. The normalized spacial score (nSPS) is 11.7. The number of nitrogens with zero attached hydrogens (tertiary/aromatic N) is 2. The smallest absolute Gasteiger partial charge is 0.381 e. The predicted octanol–water partition coefficient (Wildman–Crippen LogP) is 2.89. The minimum atomic E-state index is -2.80. The van der Waals surface area contributed by atoms with E-state index in [1.807, 2.05) is 20.8 Å². The molecule has 0 aliphatic heterocycles. The summed E-state index contributed by atoms with van der Waals surface area (Å²) in [6.45, 7) is 3.55. The highest BCUT2D eigenvalue weighted by atomic mass is 32.5. The Kier molecular flexibility index (Phi) is 6.13. The van der Waals surface area contributed by atoms with E-state index in [1.54, 1.807) is 6.07 Å². The molecule has 8 heteroatoms. The second kappa shape index (κ2) is 7.14. The molecule has 0 aliphatic rings. The molecule has 108 valence electrons. The summed E-state index contributed by atoms with van der Waals surface area (Å²) >= 11 is 5.15. The minimum Gasteiger partial charge on any atom is -0.478 e. The van der Waals surface area contributed by atoms with E-state index in [-0.39, 0.29) is 5.92 Å². The summed E-state index contributed by atoms with van der Waals surface area (Å²) in [4.78, 5) is 8.57. The van der Waals surface area contributed by atoms with Gasteiger partial charge < -0.3 is 18.3 Å². The fraction of sp³-hybridized carbons (Fsp3) is 0.636. The van der Waals surface area contributed by atoms with Gasteiger partial charge in [-0.15, -0.1) is 0 Å². The Morgan fingerprint density at radius 3 is 2.26 bits per heavy atom. The highest BCUT2D eigenvalue weighted by Gasteiger charge is 2.21. The molecule has 0 bridgehead atoms. The molecule has 1 rings (SSSR count). The lowest BCUT2D eigenvalue weighted by Gasteiger charge is -2.18. The quantitative estimate of drug-likeness (QED) is 0.718. The summed E-state index contributed by atoms with van der Waals surface area (Å²) in [6.07, 6.45) is 0. The van der Waals surface area contributed by atoms with Gasteiger partial charge in [0, 0.05) is 31.9 Å². The van der Waals surface area contributed by atoms with Gasteiger partial charge in [-0.05, 0) is 6.92 Å². The van der Waals surface area contributed by atoms with Gasteiger partial charge in [0.2, 0.25) is 11.8 Å². The van der Waals surface area contributed by atoms with Gasteiger partial charge in [0.25, 0.3) is 0 Å². The molecule has 0 atom stereocenters. The standard InChI is InChI=1S/C11H19N2O4PS/c1-6-16-9-7-10(13-11(12-9)8(2)3)17-18(19,14-4)15-5/h7-8H,6H2,1-5H3. The molecule has 0 unspecified atom stereocenters. The largest absolute Gasteiger partial charge is 0.478 e. The molecule has 0 spiro atoms. The lowest BCUT2D eigenvalue weighted by molar-refractivity contribution is 0.268. The summed E-state index contributed by atoms with van der Waals surface area (Å²) in [6, 6.07) is 1.58. The first-order valence-electron chi connectivity index (χ1n) is 5.87. The van der Waals surface area contributed by atoms with Crippen LogP contribution in [0.25, 0.3) is 0 Å². The molecule has 0 fully saturated rings. The van der Waals surface area contributed by atoms with Gasteiger partial charge in [0.15, 0.2) is 0 Å². The molecule has 0 N–H and O–H groups in total. The van der Waals surface area contributed by atoms with Crippen molar-refractivity contribution in [3.63, 3.8) is 0 Å². The van der Waals surface area contributed by atoms with Crippen LogP contribution in [0.1, 0.15) is 32.5 Å². The first-order chi connectivity index (χ1) is 8.94. The van der Waals surface area contributed by atoms with Crippen molar-refractivity contribution in [2.45, 2.75) is 26.7 Å². The second-order valence-electron chi connectivity index (χ2n) is 3.89. The molecular formula is C11H19N2O4PS. The molecule has 0 radical (unpaired) electrons. The van der Waals surface area contributed by atoms with Gasteiger partial charge in [-0.2, -0.15) is 9.97 Å². The minimum absolute atomic E-state index is 0.144. The van der Waals surface area contributed by atoms with E-state index >= 15 is 0 Å². The van der Waals surface area contributed by atoms with Gasteiger partial charge in [-0.25, -0.2) is 0 Å². The Bertz CT molecular complexity index is 462. The zero-order chi connectivity index (χ0) is 14.5. The molecule has 0 aliphatic carbocycles. The van der Waals surface area contributed by atoms with Crippen molar-refractivity contribution in [3.8, 4) is 11.8 Å². The molecule has 0 amide bonds. The number of hydrogen-bond donors (Lipinski definition) is 0. The van der Waals surface area contributed by atoms with E-state index in [1.165, 1.54) is 14.2 Å². The van der Waals surface area contributed by atoms with Crippen molar-refractivity contribution in [2.24, 2.45) is 0 Å². The van der Waals surface area contributed by atoms with Crippen LogP contribution in [0.3, 0.4) is 0 Å². The molecule has 19 heavy (non-hydrogen) atoms. The van der Waals surface area contributed by atoms with Gasteiger partial charge in [-0.3, -0.25) is 0 Å². The van der Waals surface area contributed by atoms with Crippen molar-refractivity contribution >= 4 is 18.5 Å². The Morgan fingerprint density at radius 2 is 1.79 bits per heavy atom. The van der Waals surface area contributed by atoms with E-state index in [9.17, 15) is 0 Å². The fourth-order valence-electron chi connectivity index (χ4n) is 1.21. The Balaban J connectivity index is 3.09. The Morgan fingerprint density at radius 1 is 1.21 bits per heavy atom. The first-order valence-corrected chi connectivity index (χ1v) is 8.42. The molecule has 1 aromatic rings. The highest BCUT2D eigenvalue weighted by molar-refractivity contribution is 8.07. The second-order valence-corrected chi connectivity index (χ2v) is 7.04. The van der Waals surface area contributed by atoms with E-state index < -0.39 is 6.72 Å². The van der Waals surface area contributed by atoms with Crippen molar-refractivity contribution in [1.82, 2.24) is 9.97 Å². The summed E-state index contributed by atoms with van der Waals surface area (Å²) in [5, 5.41) is 0. The van der Waals surface area contributed by atoms with E-state index in [2.05, 4.69) is 9.97 Å². The van der Waals surface area contributed by atoms with Crippen LogP contribution in [0.5, 0.6) is 11.8 Å². The first kappa shape index (κ1) is 16.3. The van der Waals surface area contributed by atoms with Crippen molar-refractivity contribution in [2.75, 3.05) is 20.8 Å². The number of rotatable bonds is 7. The van der Waals surface area contributed by atoms with Gasteiger partial charge >= 0.3 is 6.72 Å². The maximum absolute atomic E-state index is 5.53. The number of ether oxygens (including phenoxy) is 1. The fourth-order valence-corrected chi connectivity index (χ4v) is 2.06. The summed E-state index contributed by atoms with van der Waals surface area (Å²) in [5.74, 6) is 1.51. The number of aromatic nitrogens is 2. The van der Waals surface area contributed by atoms with Crippen molar-refractivity contribution in [1.29, 1.82) is 0 Å². The third-order valence-electron chi connectivity index (χ3n) is 2.16. The summed E-state index contributed by atoms with van der Waals surface area (Å²) in [5.41, 5.74) is 0. The lowest BCUT2D eigenvalue weighted by Crippen LogP contribution is -2.05. The molecule has 1 heterocycles. The lowest BCUT2D eigenvalue weighted by atomic mass is 10.2. The van der Waals surface area contributed by atoms with Crippen LogP contribution >= 0.6 is 6.72 Å². The number of hydrogen-bond acceptors (Lipinski definition) is 7.